The molecule has 0 aromatic heterocycles. The Morgan fingerprint density at radius 1 is 1.32 bits per heavy atom. The molecule has 1 saturated heterocycles. The van der Waals surface area contributed by atoms with E-state index < -0.39 is 15.9 Å². The molecule has 2 N–H and O–H groups in total. The number of para-hydroxylation sites is 1. The molecule has 0 saturated carbocycles. The third kappa shape index (κ3) is 2.88. The zero-order valence-corrected chi connectivity index (χ0v) is 11.5. The number of benzene rings is 1. The van der Waals surface area contributed by atoms with E-state index in [0.29, 0.717) is 11.3 Å². The van der Waals surface area contributed by atoms with E-state index >= 15 is 0 Å². The molecule has 0 bridgehead atoms. The fraction of sp³-hybridized carbons (Fsp3) is 0.500. The molecule has 0 radical (unpaired) electrons. The van der Waals surface area contributed by atoms with Crippen molar-refractivity contribution in [1.29, 1.82) is 0 Å². The van der Waals surface area contributed by atoms with Crippen LogP contribution in [0.1, 0.15) is 18.4 Å². The summed E-state index contributed by atoms with van der Waals surface area (Å²) in [6.07, 6.45) is 0.146. The lowest BCUT2D eigenvalue weighted by atomic mass is 9.86. The Labute approximate surface area is 112 Å². The maximum atomic E-state index is 15.0. The van der Waals surface area contributed by atoms with Crippen molar-refractivity contribution in [2.24, 2.45) is 5.14 Å². The van der Waals surface area contributed by atoms with Gasteiger partial charge in [-0.25, -0.2) is 9.53 Å². The Bertz CT molecular complexity index is 554. The van der Waals surface area contributed by atoms with Crippen molar-refractivity contribution in [3.8, 4) is 5.75 Å². The standard InChI is InChI=1S/C12H17FN2O3S/c1-18-11-5-3-2-4-10(11)12(13)6-8-15(9-7-12)19(14,16)17/h2-5H,6-9H2,1H3,(H2,14,16,17). The number of alkyl halides is 1. The number of methoxy groups -OCH3 is 1. The first-order valence-electron chi connectivity index (χ1n) is 5.97. The predicted octanol–water partition coefficient (Wildman–Crippen LogP) is 1.16. The van der Waals surface area contributed by atoms with Crippen LogP contribution in [0.3, 0.4) is 0 Å². The van der Waals surface area contributed by atoms with Crippen molar-refractivity contribution in [2.45, 2.75) is 18.5 Å². The summed E-state index contributed by atoms with van der Waals surface area (Å²) in [5, 5.41) is 5.04. The SMILES string of the molecule is COc1ccccc1C1(F)CCN(S(N)(=O)=O)CC1. The van der Waals surface area contributed by atoms with Crippen LogP contribution in [0.25, 0.3) is 0 Å². The second-order valence-electron chi connectivity index (χ2n) is 4.61. The molecular formula is C12H17FN2O3S. The van der Waals surface area contributed by atoms with Crippen molar-refractivity contribution in [1.82, 2.24) is 4.31 Å². The Morgan fingerprint density at radius 2 is 1.89 bits per heavy atom. The second-order valence-corrected chi connectivity index (χ2v) is 6.16. The molecule has 1 aliphatic heterocycles. The Hall–Kier alpha value is -1.18. The number of hydrogen-bond acceptors (Lipinski definition) is 3. The highest BCUT2D eigenvalue weighted by Crippen LogP contribution is 2.41. The van der Waals surface area contributed by atoms with Crippen LogP contribution in [-0.4, -0.2) is 32.9 Å². The van der Waals surface area contributed by atoms with Gasteiger partial charge in [0.05, 0.1) is 7.11 Å². The molecule has 1 fully saturated rings. The van der Waals surface area contributed by atoms with Gasteiger partial charge in [0.15, 0.2) is 0 Å². The van der Waals surface area contributed by atoms with E-state index in [9.17, 15) is 12.8 Å². The summed E-state index contributed by atoms with van der Waals surface area (Å²) in [4.78, 5) is 0. The van der Waals surface area contributed by atoms with Gasteiger partial charge in [-0.2, -0.15) is 12.7 Å². The number of ether oxygens (including phenoxy) is 1. The Morgan fingerprint density at radius 3 is 2.42 bits per heavy atom. The monoisotopic (exact) mass is 288 g/mol. The van der Waals surface area contributed by atoms with E-state index in [2.05, 4.69) is 0 Å². The van der Waals surface area contributed by atoms with Crippen molar-refractivity contribution in [2.75, 3.05) is 20.2 Å². The number of piperidine rings is 1. The molecule has 106 valence electrons. The Kier molecular flexibility index (Phi) is 3.80. The zero-order chi connectivity index (χ0) is 14.1. The predicted molar refractivity (Wildman–Crippen MR) is 69.7 cm³/mol. The van der Waals surface area contributed by atoms with E-state index in [1.807, 2.05) is 0 Å². The molecule has 19 heavy (non-hydrogen) atoms. The van der Waals surface area contributed by atoms with E-state index in [-0.39, 0.29) is 25.9 Å². The summed E-state index contributed by atoms with van der Waals surface area (Å²) in [5.41, 5.74) is -1.11. The lowest BCUT2D eigenvalue weighted by molar-refractivity contribution is 0.0841. The summed E-state index contributed by atoms with van der Waals surface area (Å²) >= 11 is 0. The van der Waals surface area contributed by atoms with Gasteiger partial charge in [0.25, 0.3) is 10.2 Å². The lowest BCUT2D eigenvalue weighted by Gasteiger charge is -2.35. The second kappa shape index (κ2) is 5.07. The van der Waals surface area contributed by atoms with E-state index in [4.69, 9.17) is 9.88 Å². The van der Waals surface area contributed by atoms with Crippen molar-refractivity contribution in [3.05, 3.63) is 29.8 Å². The summed E-state index contributed by atoms with van der Waals surface area (Å²) in [7, 11) is -2.25. The van der Waals surface area contributed by atoms with Gasteiger partial charge in [-0.15, -0.1) is 0 Å². The van der Waals surface area contributed by atoms with Crippen molar-refractivity contribution < 1.29 is 17.5 Å². The van der Waals surface area contributed by atoms with Crippen LogP contribution in [-0.2, 0) is 15.9 Å². The fourth-order valence-corrected chi connectivity index (χ4v) is 3.07. The molecule has 5 nitrogen and oxygen atoms in total. The molecule has 7 heteroatoms. The molecule has 1 aromatic rings. The topological polar surface area (TPSA) is 72.6 Å². The quantitative estimate of drug-likeness (QED) is 0.907. The van der Waals surface area contributed by atoms with Gasteiger partial charge in [0, 0.05) is 18.7 Å². The third-order valence-corrected chi connectivity index (χ3v) is 4.55. The molecule has 0 unspecified atom stereocenters. The molecule has 0 aliphatic carbocycles. The van der Waals surface area contributed by atoms with Crippen molar-refractivity contribution >= 4 is 10.2 Å². The van der Waals surface area contributed by atoms with Crippen LogP contribution in [0.5, 0.6) is 5.75 Å². The minimum atomic E-state index is -3.74. The molecule has 1 heterocycles. The number of nitrogens with two attached hydrogens (primary N) is 1. The largest absolute Gasteiger partial charge is 0.496 e. The number of rotatable bonds is 3. The highest BCUT2D eigenvalue weighted by atomic mass is 32.2. The molecule has 2 rings (SSSR count). The lowest BCUT2D eigenvalue weighted by Crippen LogP contribution is -2.46. The highest BCUT2D eigenvalue weighted by molar-refractivity contribution is 7.86. The van der Waals surface area contributed by atoms with Gasteiger partial charge >= 0.3 is 0 Å². The average molecular weight is 288 g/mol. The zero-order valence-electron chi connectivity index (χ0n) is 10.7. The van der Waals surface area contributed by atoms with Crippen LogP contribution in [0.2, 0.25) is 0 Å². The molecule has 1 aliphatic rings. The van der Waals surface area contributed by atoms with E-state index in [0.717, 1.165) is 4.31 Å². The smallest absolute Gasteiger partial charge is 0.276 e. The first-order chi connectivity index (χ1) is 8.87. The average Bonchev–Trinajstić information content (AvgIpc) is 2.38. The minimum absolute atomic E-state index is 0.0732. The Balaban J connectivity index is 2.23. The van der Waals surface area contributed by atoms with E-state index in [1.165, 1.54) is 7.11 Å². The molecule has 0 atom stereocenters. The third-order valence-electron chi connectivity index (χ3n) is 3.46. The van der Waals surface area contributed by atoms with Gasteiger partial charge < -0.3 is 4.74 Å². The van der Waals surface area contributed by atoms with Gasteiger partial charge in [0.1, 0.15) is 11.4 Å². The van der Waals surface area contributed by atoms with Crippen molar-refractivity contribution in [3.63, 3.8) is 0 Å². The summed E-state index contributed by atoms with van der Waals surface area (Å²) in [5.74, 6) is 0.481. The normalized spacial score (nSPS) is 20.2. The summed E-state index contributed by atoms with van der Waals surface area (Å²) in [6.45, 7) is 0.154. The minimum Gasteiger partial charge on any atom is -0.496 e. The van der Waals surface area contributed by atoms with Crippen LogP contribution in [0, 0.1) is 0 Å². The molecule has 0 spiro atoms. The van der Waals surface area contributed by atoms with Gasteiger partial charge in [-0.1, -0.05) is 18.2 Å². The van der Waals surface area contributed by atoms with Gasteiger partial charge in [-0.3, -0.25) is 0 Å². The maximum Gasteiger partial charge on any atom is 0.276 e. The maximum absolute atomic E-state index is 15.0. The first-order valence-corrected chi connectivity index (χ1v) is 7.47. The highest BCUT2D eigenvalue weighted by Gasteiger charge is 2.40. The number of halogens is 1. The molecular weight excluding hydrogens is 271 g/mol. The fourth-order valence-electron chi connectivity index (χ4n) is 2.38. The number of hydrogen-bond donors (Lipinski definition) is 1. The van der Waals surface area contributed by atoms with Gasteiger partial charge in [0.2, 0.25) is 0 Å². The molecule has 0 amide bonds. The molecule has 1 aromatic carbocycles. The van der Waals surface area contributed by atoms with Gasteiger partial charge in [-0.05, 0) is 18.9 Å². The number of nitrogens with zero attached hydrogens (tertiary/aromatic N) is 1. The first kappa shape index (κ1) is 14.2. The van der Waals surface area contributed by atoms with E-state index in [1.54, 1.807) is 24.3 Å². The van der Waals surface area contributed by atoms with Crippen LogP contribution in [0.15, 0.2) is 24.3 Å². The van der Waals surface area contributed by atoms with Crippen LogP contribution >= 0.6 is 0 Å². The summed E-state index contributed by atoms with van der Waals surface area (Å²) in [6, 6.07) is 6.88. The van der Waals surface area contributed by atoms with Crippen LogP contribution in [0.4, 0.5) is 4.39 Å². The summed E-state index contributed by atoms with van der Waals surface area (Å²) < 4.78 is 43.7. The van der Waals surface area contributed by atoms with Crippen LogP contribution < -0.4 is 9.88 Å².